The summed E-state index contributed by atoms with van der Waals surface area (Å²) in [6.45, 7) is 1.42. The fourth-order valence-corrected chi connectivity index (χ4v) is 3.65. The van der Waals surface area contributed by atoms with Gasteiger partial charge in [0.15, 0.2) is 0 Å². The van der Waals surface area contributed by atoms with E-state index >= 15 is 0 Å². The van der Waals surface area contributed by atoms with Crippen molar-refractivity contribution in [1.82, 2.24) is 4.72 Å². The molecule has 2 aromatic carbocycles. The van der Waals surface area contributed by atoms with E-state index in [1.807, 2.05) is 0 Å². The van der Waals surface area contributed by atoms with Gasteiger partial charge in [-0.15, -0.1) is 0 Å². The Balaban J connectivity index is 2.11. The standard InChI is InChI=1S/C16H16Cl2N2O4S/c1-10(16(21)19-15-13(17)4-3-5-14(15)18)20-25(22,23)12-8-6-11(24-2)7-9-12/h3-10,20H,1-2H3,(H,19,21)/t10-/m0/s1. The fourth-order valence-electron chi connectivity index (χ4n) is 1.96. The second-order valence-electron chi connectivity index (χ2n) is 5.10. The SMILES string of the molecule is COc1ccc(S(=O)(=O)N[C@@H](C)C(=O)Nc2c(Cl)cccc2Cl)cc1. The molecule has 0 aliphatic rings. The predicted octanol–water partition coefficient (Wildman–Crippen LogP) is 3.31. The number of halogens is 2. The highest BCUT2D eigenvalue weighted by atomic mass is 35.5. The molecule has 0 aromatic heterocycles. The second kappa shape index (κ2) is 8.05. The van der Waals surface area contributed by atoms with E-state index in [1.165, 1.54) is 38.3 Å². The number of para-hydroxylation sites is 1. The maximum Gasteiger partial charge on any atom is 0.242 e. The Morgan fingerprint density at radius 2 is 1.64 bits per heavy atom. The first-order valence-electron chi connectivity index (χ1n) is 7.16. The van der Waals surface area contributed by atoms with E-state index < -0.39 is 22.0 Å². The summed E-state index contributed by atoms with van der Waals surface area (Å²) in [5, 5.41) is 3.03. The molecule has 0 aliphatic heterocycles. The molecule has 6 nitrogen and oxygen atoms in total. The molecule has 2 N–H and O–H groups in total. The van der Waals surface area contributed by atoms with Gasteiger partial charge in [0.05, 0.1) is 33.8 Å². The summed E-state index contributed by atoms with van der Waals surface area (Å²) in [5.74, 6) is -0.0646. The van der Waals surface area contributed by atoms with Crippen molar-refractivity contribution in [2.75, 3.05) is 12.4 Å². The Kier molecular flexibility index (Phi) is 6.29. The van der Waals surface area contributed by atoms with E-state index in [2.05, 4.69) is 10.0 Å². The largest absolute Gasteiger partial charge is 0.497 e. The van der Waals surface area contributed by atoms with Crippen LogP contribution in [0.3, 0.4) is 0 Å². The van der Waals surface area contributed by atoms with E-state index in [0.717, 1.165) is 0 Å². The molecule has 25 heavy (non-hydrogen) atoms. The number of carbonyl (C=O) groups is 1. The van der Waals surface area contributed by atoms with Gasteiger partial charge in [0.25, 0.3) is 0 Å². The number of nitrogens with one attached hydrogen (secondary N) is 2. The number of benzene rings is 2. The van der Waals surface area contributed by atoms with Crippen LogP contribution in [0.1, 0.15) is 6.92 Å². The van der Waals surface area contributed by atoms with Crippen LogP contribution in [0, 0.1) is 0 Å². The molecule has 0 unspecified atom stereocenters. The van der Waals surface area contributed by atoms with Gasteiger partial charge >= 0.3 is 0 Å². The molecule has 134 valence electrons. The minimum Gasteiger partial charge on any atom is -0.497 e. The average molecular weight is 403 g/mol. The van der Waals surface area contributed by atoms with Crippen LogP contribution in [-0.2, 0) is 14.8 Å². The van der Waals surface area contributed by atoms with E-state index in [1.54, 1.807) is 18.2 Å². The lowest BCUT2D eigenvalue weighted by Crippen LogP contribution is -2.41. The van der Waals surface area contributed by atoms with Crippen molar-refractivity contribution in [3.63, 3.8) is 0 Å². The van der Waals surface area contributed by atoms with Crippen LogP contribution in [0.15, 0.2) is 47.4 Å². The van der Waals surface area contributed by atoms with Crippen molar-refractivity contribution in [1.29, 1.82) is 0 Å². The molecule has 0 radical (unpaired) electrons. The Hall–Kier alpha value is -1.80. The third-order valence-corrected chi connectivity index (χ3v) is 5.49. The Labute approximate surface area is 156 Å². The monoisotopic (exact) mass is 402 g/mol. The highest BCUT2D eigenvalue weighted by molar-refractivity contribution is 7.89. The number of sulfonamides is 1. The minimum atomic E-state index is -3.87. The van der Waals surface area contributed by atoms with Gasteiger partial charge in [0.2, 0.25) is 15.9 Å². The maximum absolute atomic E-state index is 12.3. The molecule has 2 rings (SSSR count). The van der Waals surface area contributed by atoms with Crippen LogP contribution in [-0.4, -0.2) is 27.5 Å². The number of amides is 1. The van der Waals surface area contributed by atoms with Crippen LogP contribution < -0.4 is 14.8 Å². The molecule has 0 fully saturated rings. The fraction of sp³-hybridized carbons (Fsp3) is 0.188. The third kappa shape index (κ3) is 4.85. The van der Waals surface area contributed by atoms with Crippen LogP contribution >= 0.6 is 23.2 Å². The van der Waals surface area contributed by atoms with Crippen LogP contribution in [0.5, 0.6) is 5.75 Å². The van der Waals surface area contributed by atoms with Gasteiger partial charge in [-0.1, -0.05) is 29.3 Å². The Morgan fingerprint density at radius 1 is 1.08 bits per heavy atom. The van der Waals surface area contributed by atoms with Crippen molar-refractivity contribution < 1.29 is 17.9 Å². The topological polar surface area (TPSA) is 84.5 Å². The lowest BCUT2D eigenvalue weighted by Gasteiger charge is -2.16. The maximum atomic E-state index is 12.3. The third-order valence-electron chi connectivity index (χ3n) is 3.31. The molecular formula is C16H16Cl2N2O4S. The lowest BCUT2D eigenvalue weighted by atomic mass is 10.3. The molecular weight excluding hydrogens is 387 g/mol. The van der Waals surface area contributed by atoms with Crippen LogP contribution in [0.2, 0.25) is 10.0 Å². The predicted molar refractivity (Wildman–Crippen MR) is 97.9 cm³/mol. The van der Waals surface area contributed by atoms with Crippen molar-refractivity contribution in [2.45, 2.75) is 17.9 Å². The summed E-state index contributed by atoms with van der Waals surface area (Å²) >= 11 is 12.0. The summed E-state index contributed by atoms with van der Waals surface area (Å²) in [6.07, 6.45) is 0. The lowest BCUT2D eigenvalue weighted by molar-refractivity contribution is -0.117. The molecule has 2 aromatic rings. The minimum absolute atomic E-state index is 0.0173. The van der Waals surface area contributed by atoms with Crippen molar-refractivity contribution in [2.24, 2.45) is 0 Å². The first-order valence-corrected chi connectivity index (χ1v) is 9.40. The van der Waals surface area contributed by atoms with E-state index in [-0.39, 0.29) is 20.6 Å². The quantitative estimate of drug-likeness (QED) is 0.775. The zero-order valence-electron chi connectivity index (χ0n) is 13.4. The smallest absolute Gasteiger partial charge is 0.242 e. The summed E-state index contributed by atoms with van der Waals surface area (Å²) in [4.78, 5) is 12.3. The van der Waals surface area contributed by atoms with Crippen molar-refractivity contribution in [3.05, 3.63) is 52.5 Å². The first-order chi connectivity index (χ1) is 11.7. The number of methoxy groups -OCH3 is 1. The summed E-state index contributed by atoms with van der Waals surface area (Å²) in [6, 6.07) is 9.53. The summed E-state index contributed by atoms with van der Waals surface area (Å²) in [7, 11) is -2.39. The van der Waals surface area contributed by atoms with E-state index in [4.69, 9.17) is 27.9 Å². The molecule has 0 saturated carbocycles. The number of hydrogen-bond acceptors (Lipinski definition) is 4. The average Bonchev–Trinajstić information content (AvgIpc) is 2.57. The Bertz CT molecular complexity index is 850. The zero-order chi connectivity index (χ0) is 18.6. The number of rotatable bonds is 6. The van der Waals surface area contributed by atoms with Crippen LogP contribution in [0.25, 0.3) is 0 Å². The van der Waals surface area contributed by atoms with Crippen molar-refractivity contribution >= 4 is 44.8 Å². The number of carbonyl (C=O) groups excluding carboxylic acids is 1. The molecule has 0 bridgehead atoms. The van der Waals surface area contributed by atoms with Gasteiger partial charge in [-0.25, -0.2) is 8.42 Å². The van der Waals surface area contributed by atoms with Gasteiger partial charge in [0.1, 0.15) is 5.75 Å². The van der Waals surface area contributed by atoms with Gasteiger partial charge < -0.3 is 10.1 Å². The molecule has 0 spiro atoms. The molecule has 0 saturated heterocycles. The van der Waals surface area contributed by atoms with E-state index in [9.17, 15) is 13.2 Å². The normalized spacial score (nSPS) is 12.5. The highest BCUT2D eigenvalue weighted by Gasteiger charge is 2.23. The molecule has 0 heterocycles. The van der Waals surface area contributed by atoms with Gasteiger partial charge in [-0.05, 0) is 43.3 Å². The van der Waals surface area contributed by atoms with Gasteiger partial charge in [0, 0.05) is 0 Å². The zero-order valence-corrected chi connectivity index (χ0v) is 15.7. The van der Waals surface area contributed by atoms with E-state index in [0.29, 0.717) is 5.75 Å². The number of hydrogen-bond donors (Lipinski definition) is 2. The van der Waals surface area contributed by atoms with Gasteiger partial charge in [-0.2, -0.15) is 4.72 Å². The molecule has 9 heteroatoms. The second-order valence-corrected chi connectivity index (χ2v) is 7.63. The van der Waals surface area contributed by atoms with Crippen molar-refractivity contribution in [3.8, 4) is 5.75 Å². The number of ether oxygens (including phenoxy) is 1. The summed E-state index contributed by atoms with van der Waals surface area (Å²) in [5.41, 5.74) is 0.228. The molecule has 1 amide bonds. The number of anilines is 1. The van der Waals surface area contributed by atoms with Gasteiger partial charge in [-0.3, -0.25) is 4.79 Å². The first kappa shape index (κ1) is 19.5. The van der Waals surface area contributed by atoms with Crippen LogP contribution in [0.4, 0.5) is 5.69 Å². The Morgan fingerprint density at radius 3 is 2.16 bits per heavy atom. The molecule has 1 atom stereocenters. The summed E-state index contributed by atoms with van der Waals surface area (Å²) < 4.78 is 32.0. The highest BCUT2D eigenvalue weighted by Crippen LogP contribution is 2.29. The molecule has 0 aliphatic carbocycles.